The molecule has 83 heavy (non-hydrogen) atoms. The van der Waals surface area contributed by atoms with Crippen LogP contribution in [0.1, 0.15) is 33.4 Å². The summed E-state index contributed by atoms with van der Waals surface area (Å²) >= 11 is 0. The van der Waals surface area contributed by atoms with Crippen LogP contribution in [-0.4, -0.2) is 9.13 Å². The van der Waals surface area contributed by atoms with Crippen molar-refractivity contribution in [3.8, 4) is 102 Å². The Hall–Kier alpha value is -11.7. The molecule has 0 aliphatic carbocycles. The van der Waals surface area contributed by atoms with Crippen molar-refractivity contribution in [3.05, 3.63) is 269 Å². The topological polar surface area (TPSA) is 109 Å². The number of rotatable bonds is 8. The van der Waals surface area contributed by atoms with Gasteiger partial charge in [-0.1, -0.05) is 97.1 Å². The summed E-state index contributed by atoms with van der Waals surface area (Å²) < 4.78 is 47.5. The molecule has 0 atom stereocenters. The average Bonchev–Trinajstić information content (AvgIpc) is 2.20. The molecule has 0 amide bonds. The molecule has 0 aliphatic rings. The van der Waals surface area contributed by atoms with Gasteiger partial charge >= 0.3 is 6.18 Å². The van der Waals surface area contributed by atoms with Crippen molar-refractivity contribution in [2.75, 3.05) is 0 Å². The molecule has 7 nitrogen and oxygen atoms in total. The average molecular weight is 1070 g/mol. The van der Waals surface area contributed by atoms with E-state index in [0.717, 1.165) is 99.9 Å². The van der Waals surface area contributed by atoms with Gasteiger partial charge in [0.15, 0.2) is 5.69 Å². The van der Waals surface area contributed by atoms with Gasteiger partial charge in [0.1, 0.15) is 0 Å². The third-order valence-electron chi connectivity index (χ3n) is 15.7. The summed E-state index contributed by atoms with van der Waals surface area (Å²) in [5.41, 5.74) is 17.1. The zero-order chi connectivity index (χ0) is 57.1. The van der Waals surface area contributed by atoms with Crippen molar-refractivity contribution in [2.24, 2.45) is 0 Å². The summed E-state index contributed by atoms with van der Waals surface area (Å²) in [6, 6.07) is 79.3. The maximum Gasteiger partial charge on any atom is 0.416 e. The van der Waals surface area contributed by atoms with Gasteiger partial charge in [-0.25, -0.2) is 4.85 Å². The molecule has 11 aromatic carbocycles. The molecule has 0 spiro atoms. The van der Waals surface area contributed by atoms with Crippen LogP contribution in [0, 0.1) is 58.8 Å². The van der Waals surface area contributed by atoms with Crippen LogP contribution in [-0.2, 0) is 6.18 Å². The number of nitriles is 4. The first-order valence-corrected chi connectivity index (χ1v) is 26.5. The van der Waals surface area contributed by atoms with E-state index in [0.29, 0.717) is 61.4 Å². The van der Waals surface area contributed by atoms with Crippen molar-refractivity contribution in [1.29, 1.82) is 21.0 Å². The molecular weight excluding hydrogens is 1030 g/mol. The molecule has 388 valence electrons. The second-order valence-electron chi connectivity index (χ2n) is 20.4. The number of hydrogen-bond acceptors (Lipinski definition) is 4. The number of fused-ring (bicyclic) bond motifs is 6. The van der Waals surface area contributed by atoms with Crippen molar-refractivity contribution in [2.45, 2.75) is 13.1 Å². The van der Waals surface area contributed by atoms with E-state index >= 15 is 0 Å². The van der Waals surface area contributed by atoms with E-state index in [1.807, 2.05) is 84.9 Å². The van der Waals surface area contributed by atoms with Gasteiger partial charge in [0.25, 0.3) is 0 Å². The van der Waals surface area contributed by atoms with Crippen molar-refractivity contribution < 1.29 is 13.2 Å². The molecule has 0 aliphatic heterocycles. The lowest BCUT2D eigenvalue weighted by molar-refractivity contribution is -0.137. The standard InChI is InChI=1S/C73H40F3N7/c1-44-33-57(73(74,75)76)22-26-60(44)61-27-25-59(82-68-29-18-53(49-10-3-45(40-77)4-11-49)35-64(68)65-36-56(19-30-69(65)82)52-16-23-58(81-2)24-17-52)39-62(61)63-34-48(43-80)9-28-70(63)83-71-31-20-54(50-12-5-46(41-78)6-13-50)37-66(71)67-38-55(21-32-72(67)83)51-14-7-47(42-79)8-15-51/h3-39H,1H3. The predicted octanol–water partition coefficient (Wildman–Crippen LogP) is 19.2. The lowest BCUT2D eigenvalue weighted by Gasteiger charge is -2.21. The van der Waals surface area contributed by atoms with Gasteiger partial charge in [-0.15, -0.1) is 0 Å². The van der Waals surface area contributed by atoms with Crippen LogP contribution in [0.2, 0.25) is 0 Å². The molecule has 0 saturated carbocycles. The normalized spacial score (nSPS) is 11.3. The Kier molecular flexibility index (Phi) is 12.3. The third-order valence-corrected chi connectivity index (χ3v) is 15.7. The lowest BCUT2D eigenvalue weighted by atomic mass is 9.89. The molecule has 13 aromatic rings. The van der Waals surface area contributed by atoms with E-state index in [-0.39, 0.29) is 0 Å². The molecule has 0 bridgehead atoms. The zero-order valence-corrected chi connectivity index (χ0v) is 44.1. The van der Waals surface area contributed by atoms with Crippen molar-refractivity contribution in [1.82, 2.24) is 9.13 Å². The number of aryl methyl sites for hydroxylation is 1. The van der Waals surface area contributed by atoms with Crippen LogP contribution in [0.15, 0.2) is 224 Å². The minimum atomic E-state index is -4.57. The van der Waals surface area contributed by atoms with E-state index in [4.69, 9.17) is 6.57 Å². The minimum Gasteiger partial charge on any atom is -0.309 e. The van der Waals surface area contributed by atoms with E-state index in [2.05, 4.69) is 105 Å². The van der Waals surface area contributed by atoms with Crippen LogP contribution >= 0.6 is 0 Å². The van der Waals surface area contributed by atoms with Gasteiger partial charge in [0, 0.05) is 32.8 Å². The third kappa shape index (κ3) is 8.95. The second kappa shape index (κ2) is 20.2. The molecule has 2 aromatic heterocycles. The highest BCUT2D eigenvalue weighted by atomic mass is 19.4. The van der Waals surface area contributed by atoms with Crippen LogP contribution in [0.25, 0.3) is 127 Å². The summed E-state index contributed by atoms with van der Waals surface area (Å²) in [4.78, 5) is 3.60. The highest BCUT2D eigenvalue weighted by Crippen LogP contribution is 2.46. The molecular formula is C73H40F3N7. The van der Waals surface area contributed by atoms with Gasteiger partial charge in [-0.05, 0) is 201 Å². The van der Waals surface area contributed by atoms with Gasteiger partial charge in [-0.2, -0.15) is 34.2 Å². The minimum absolute atomic E-state index is 0.375. The number of alkyl halides is 3. The fraction of sp³-hybridized carbons (Fsp3) is 0.0274. The number of halogens is 3. The first-order valence-electron chi connectivity index (χ1n) is 26.5. The molecule has 2 heterocycles. The summed E-state index contributed by atoms with van der Waals surface area (Å²) in [5, 5.41) is 43.3. The van der Waals surface area contributed by atoms with E-state index in [9.17, 15) is 34.2 Å². The Morgan fingerprint density at radius 2 is 0.747 bits per heavy atom. The highest BCUT2D eigenvalue weighted by Gasteiger charge is 2.31. The molecule has 10 heteroatoms. The Bertz CT molecular complexity index is 4820. The lowest BCUT2D eigenvalue weighted by Crippen LogP contribution is -2.05. The SMILES string of the molecule is [C-]#[N+]c1ccc(-c2ccc3c(c2)c2cc(-c4ccc(C#N)cc4)ccc2n3-c2ccc(-c3ccc(C(F)(F)F)cc3C)c(-c3cc(C#N)ccc3-n3c4ccc(-c5ccc(C#N)cc5)cc4c4cc(-c5ccc(C#N)cc5)ccc43)c2)cc1. The number of nitrogens with zero attached hydrogens (tertiary/aromatic N) is 7. The fourth-order valence-corrected chi connectivity index (χ4v) is 11.5. The van der Waals surface area contributed by atoms with E-state index < -0.39 is 11.7 Å². The highest BCUT2D eigenvalue weighted by molar-refractivity contribution is 6.14. The van der Waals surface area contributed by atoms with E-state index in [1.165, 1.54) is 12.1 Å². The van der Waals surface area contributed by atoms with Gasteiger partial charge < -0.3 is 9.13 Å². The molecule has 0 unspecified atom stereocenters. The monoisotopic (exact) mass is 1070 g/mol. The van der Waals surface area contributed by atoms with Crippen molar-refractivity contribution in [3.63, 3.8) is 0 Å². The van der Waals surface area contributed by atoms with Gasteiger partial charge in [-0.3, -0.25) is 0 Å². The summed E-state index contributed by atoms with van der Waals surface area (Å²) in [5.74, 6) is 0. The smallest absolute Gasteiger partial charge is 0.309 e. The van der Waals surface area contributed by atoms with Gasteiger partial charge in [0.2, 0.25) is 0 Å². The van der Waals surface area contributed by atoms with Crippen LogP contribution in [0.5, 0.6) is 0 Å². The Balaban J connectivity index is 1.08. The first-order chi connectivity index (χ1) is 40.4. The Morgan fingerprint density at radius 3 is 1.14 bits per heavy atom. The van der Waals surface area contributed by atoms with Crippen LogP contribution in [0.4, 0.5) is 18.9 Å². The quantitative estimate of drug-likeness (QED) is 0.141. The molecule has 13 rings (SSSR count). The number of hydrogen-bond donors (Lipinski definition) is 0. The molecule has 0 radical (unpaired) electrons. The summed E-state index contributed by atoms with van der Waals surface area (Å²) in [7, 11) is 0. The maximum atomic E-state index is 14.4. The van der Waals surface area contributed by atoms with Gasteiger partial charge in [0.05, 0.1) is 86.4 Å². The second-order valence-corrected chi connectivity index (χ2v) is 20.4. The van der Waals surface area contributed by atoms with E-state index in [1.54, 1.807) is 61.5 Å². The first kappa shape index (κ1) is 50.7. The molecule has 0 saturated heterocycles. The number of benzene rings is 11. The predicted molar refractivity (Wildman–Crippen MR) is 323 cm³/mol. The Labute approximate surface area is 475 Å². The molecule has 0 N–H and O–H groups in total. The van der Waals surface area contributed by atoms with Crippen LogP contribution < -0.4 is 0 Å². The van der Waals surface area contributed by atoms with Crippen molar-refractivity contribution >= 4 is 49.3 Å². The van der Waals surface area contributed by atoms with Crippen LogP contribution in [0.3, 0.4) is 0 Å². The number of aromatic nitrogens is 2. The Morgan fingerprint density at radius 1 is 0.361 bits per heavy atom. The fourth-order valence-electron chi connectivity index (χ4n) is 11.5. The molecule has 0 fully saturated rings. The zero-order valence-electron chi connectivity index (χ0n) is 44.1. The largest absolute Gasteiger partial charge is 0.416 e. The summed E-state index contributed by atoms with van der Waals surface area (Å²) in [6.07, 6.45) is -4.57. The summed E-state index contributed by atoms with van der Waals surface area (Å²) in [6.45, 7) is 9.23. The maximum absolute atomic E-state index is 14.4.